The highest BCUT2D eigenvalue weighted by Gasteiger charge is 2.49. The van der Waals surface area contributed by atoms with Crippen LogP contribution in [-0.4, -0.2) is 74.7 Å². The first kappa shape index (κ1) is 30.2. The first-order valence-electron chi connectivity index (χ1n) is 15.3. The van der Waals surface area contributed by atoms with Crippen molar-refractivity contribution in [1.82, 2.24) is 34.2 Å². The largest absolute Gasteiger partial charge is 0.453 e. The highest BCUT2D eigenvalue weighted by atomic mass is 35.5. The number of rotatable bonds is 11. The van der Waals surface area contributed by atoms with Gasteiger partial charge in [-0.3, -0.25) is 14.6 Å². The Hall–Kier alpha value is -3.45. The first-order valence-corrected chi connectivity index (χ1v) is 18.4. The molecule has 5 aromatic rings. The molecular formula is C32H35ClF2N7O2Si. The second-order valence-corrected chi connectivity index (χ2v) is 15.7. The zero-order chi connectivity index (χ0) is 31.3. The molecule has 1 saturated carbocycles. The molecule has 1 radical (unpaired) electrons. The van der Waals surface area contributed by atoms with Gasteiger partial charge in [-0.1, -0.05) is 36.8 Å². The van der Waals surface area contributed by atoms with E-state index in [4.69, 9.17) is 31.0 Å². The Morgan fingerprint density at radius 1 is 1.02 bits per heavy atom. The van der Waals surface area contributed by atoms with Crippen molar-refractivity contribution in [3.63, 3.8) is 0 Å². The number of aryl methyl sites for hydroxylation is 1. The summed E-state index contributed by atoms with van der Waals surface area (Å²) in [6, 6.07) is 11.1. The standard InChI is InChI=1S/C32H35ClF2N7O2Si/c1-20-38-31-26(41(20)19-43-10-5-11-45(2)3)6-4-7-28(31)44-27-9-8-24-30(29(27)33)39-25(15-36-24)21-14-37-42(16-21)23-12-22(13-23)40-17-32(34,35)18-40/h4,6-9,14-16,22-23H,5,10-13,17-19H2,1-3H3. The van der Waals surface area contributed by atoms with Gasteiger partial charge in [-0.15, -0.1) is 0 Å². The third-order valence-electron chi connectivity index (χ3n) is 8.70. The van der Waals surface area contributed by atoms with E-state index in [-0.39, 0.29) is 34.0 Å². The average Bonchev–Trinajstić information content (AvgIpc) is 3.57. The molecule has 7 rings (SSSR count). The maximum Gasteiger partial charge on any atom is 0.272 e. The van der Waals surface area contributed by atoms with Crippen LogP contribution >= 0.6 is 11.6 Å². The minimum atomic E-state index is -2.54. The van der Waals surface area contributed by atoms with Gasteiger partial charge in [0, 0.05) is 33.2 Å². The molecule has 0 atom stereocenters. The van der Waals surface area contributed by atoms with E-state index in [9.17, 15) is 8.78 Å². The minimum absolute atomic E-state index is 0.139. The van der Waals surface area contributed by atoms with E-state index in [2.05, 4.69) is 27.7 Å². The third kappa shape index (κ3) is 6.08. The van der Waals surface area contributed by atoms with Crippen LogP contribution in [0.15, 0.2) is 48.9 Å². The number of alkyl halides is 2. The summed E-state index contributed by atoms with van der Waals surface area (Å²) in [7, 11) is -0.244. The van der Waals surface area contributed by atoms with Crippen molar-refractivity contribution in [2.75, 3.05) is 19.7 Å². The average molecular weight is 651 g/mol. The molecule has 1 aliphatic heterocycles. The molecule has 0 unspecified atom stereocenters. The maximum atomic E-state index is 13.2. The number of likely N-dealkylation sites (tertiary alicyclic amines) is 1. The quantitative estimate of drug-likeness (QED) is 0.109. The Bertz CT molecular complexity index is 1850. The van der Waals surface area contributed by atoms with Crippen LogP contribution in [0.1, 0.15) is 31.1 Å². The van der Waals surface area contributed by atoms with E-state index in [1.165, 1.54) is 6.04 Å². The molecule has 4 heterocycles. The molecule has 0 N–H and O–H groups in total. The van der Waals surface area contributed by atoms with Gasteiger partial charge in [0.2, 0.25) is 0 Å². The minimum Gasteiger partial charge on any atom is -0.453 e. The van der Waals surface area contributed by atoms with Crippen LogP contribution in [0.2, 0.25) is 24.2 Å². The van der Waals surface area contributed by atoms with E-state index in [0.717, 1.165) is 48.3 Å². The van der Waals surface area contributed by atoms with Crippen molar-refractivity contribution in [3.8, 4) is 22.8 Å². The van der Waals surface area contributed by atoms with Crippen LogP contribution < -0.4 is 4.74 Å². The Labute approximate surface area is 266 Å². The molecule has 0 spiro atoms. The Balaban J connectivity index is 1.07. The SMILES string of the molecule is Cc1nc2c(Oc3ccc4ncc(-c5cnn(C6CC(N7CC(F)(F)C7)C6)c5)nc4c3Cl)cccc2n1COCCC[Si](C)C. The summed E-state index contributed by atoms with van der Waals surface area (Å²) in [5.41, 5.74) is 4.27. The summed E-state index contributed by atoms with van der Waals surface area (Å²) in [6.45, 7) is 7.49. The fourth-order valence-corrected chi connectivity index (χ4v) is 7.17. The molecule has 235 valence electrons. The number of benzene rings is 2. The molecule has 2 aliphatic rings. The molecular weight excluding hydrogens is 616 g/mol. The van der Waals surface area contributed by atoms with E-state index in [1.54, 1.807) is 18.5 Å². The van der Waals surface area contributed by atoms with E-state index in [0.29, 0.717) is 40.0 Å². The predicted molar refractivity (Wildman–Crippen MR) is 172 cm³/mol. The van der Waals surface area contributed by atoms with Crippen molar-refractivity contribution in [3.05, 3.63) is 59.8 Å². The summed E-state index contributed by atoms with van der Waals surface area (Å²) in [5.74, 6) is -0.651. The van der Waals surface area contributed by atoms with Crippen LogP contribution in [0, 0.1) is 6.92 Å². The molecule has 3 aromatic heterocycles. The van der Waals surface area contributed by atoms with Gasteiger partial charge in [0.25, 0.3) is 5.92 Å². The van der Waals surface area contributed by atoms with Crippen LogP contribution in [0.4, 0.5) is 8.78 Å². The summed E-state index contributed by atoms with van der Waals surface area (Å²) in [4.78, 5) is 16.1. The van der Waals surface area contributed by atoms with Crippen molar-refractivity contribution in [1.29, 1.82) is 0 Å². The second-order valence-electron chi connectivity index (χ2n) is 12.4. The number of hydrogen-bond acceptors (Lipinski definition) is 7. The van der Waals surface area contributed by atoms with Gasteiger partial charge in [0.05, 0.1) is 48.3 Å². The van der Waals surface area contributed by atoms with Gasteiger partial charge >= 0.3 is 0 Å². The number of imidazole rings is 1. The maximum absolute atomic E-state index is 13.2. The van der Waals surface area contributed by atoms with Gasteiger partial charge in [-0.05, 0) is 50.5 Å². The summed E-state index contributed by atoms with van der Waals surface area (Å²) in [5, 5.41) is 4.89. The smallest absolute Gasteiger partial charge is 0.272 e. The van der Waals surface area contributed by atoms with Crippen LogP contribution in [-0.2, 0) is 11.5 Å². The predicted octanol–water partition coefficient (Wildman–Crippen LogP) is 7.37. The van der Waals surface area contributed by atoms with Gasteiger partial charge < -0.3 is 14.0 Å². The number of hydrogen-bond donors (Lipinski definition) is 0. The van der Waals surface area contributed by atoms with Crippen molar-refractivity contribution < 1.29 is 18.3 Å². The molecule has 0 amide bonds. The van der Waals surface area contributed by atoms with E-state index < -0.39 is 5.92 Å². The fraction of sp³-hybridized carbons (Fsp3) is 0.438. The summed E-state index contributed by atoms with van der Waals surface area (Å²) in [6.07, 6.45) is 8.08. The molecule has 1 aliphatic carbocycles. The van der Waals surface area contributed by atoms with Gasteiger partial charge in [0.15, 0.2) is 5.75 Å². The van der Waals surface area contributed by atoms with Gasteiger partial charge in [-0.2, -0.15) is 5.10 Å². The first-order chi connectivity index (χ1) is 21.6. The lowest BCUT2D eigenvalue weighted by Gasteiger charge is -2.50. The lowest BCUT2D eigenvalue weighted by Crippen LogP contribution is -2.62. The second kappa shape index (κ2) is 12.0. The number of ether oxygens (including phenoxy) is 2. The van der Waals surface area contributed by atoms with E-state index >= 15 is 0 Å². The summed E-state index contributed by atoms with van der Waals surface area (Å²) >= 11 is 6.88. The third-order valence-corrected chi connectivity index (χ3v) is 10.4. The van der Waals surface area contributed by atoms with Crippen LogP contribution in [0.25, 0.3) is 33.3 Å². The van der Waals surface area contributed by atoms with Crippen molar-refractivity contribution in [2.45, 2.75) is 70.1 Å². The number of para-hydroxylation sites is 1. The molecule has 45 heavy (non-hydrogen) atoms. The lowest BCUT2D eigenvalue weighted by atomic mass is 9.83. The normalized spacial score (nSPS) is 19.7. The summed E-state index contributed by atoms with van der Waals surface area (Å²) < 4.78 is 42.8. The Morgan fingerprint density at radius 3 is 2.62 bits per heavy atom. The molecule has 13 heteroatoms. The van der Waals surface area contributed by atoms with Crippen LogP contribution in [0.5, 0.6) is 11.5 Å². The number of halogens is 3. The Kier molecular flexibility index (Phi) is 8.09. The lowest BCUT2D eigenvalue weighted by molar-refractivity contribution is -0.160. The zero-order valence-electron chi connectivity index (χ0n) is 25.5. The Morgan fingerprint density at radius 2 is 1.84 bits per heavy atom. The number of fused-ring (bicyclic) bond motifs is 2. The highest BCUT2D eigenvalue weighted by molar-refractivity contribution is 6.55. The van der Waals surface area contributed by atoms with Gasteiger partial charge in [0.1, 0.15) is 34.4 Å². The van der Waals surface area contributed by atoms with Crippen molar-refractivity contribution >= 4 is 42.5 Å². The topological polar surface area (TPSA) is 83.1 Å². The highest BCUT2D eigenvalue weighted by Crippen LogP contribution is 2.42. The molecule has 0 bridgehead atoms. The molecule has 2 fully saturated rings. The molecule has 2 aromatic carbocycles. The monoisotopic (exact) mass is 650 g/mol. The fourth-order valence-electron chi connectivity index (χ4n) is 6.08. The van der Waals surface area contributed by atoms with E-state index in [1.807, 2.05) is 47.0 Å². The zero-order valence-corrected chi connectivity index (χ0v) is 27.3. The number of aromatic nitrogens is 6. The van der Waals surface area contributed by atoms with Crippen molar-refractivity contribution in [2.24, 2.45) is 0 Å². The number of nitrogens with zero attached hydrogens (tertiary/aromatic N) is 7. The van der Waals surface area contributed by atoms with Gasteiger partial charge in [-0.25, -0.2) is 18.7 Å². The van der Waals surface area contributed by atoms with Crippen LogP contribution in [0.3, 0.4) is 0 Å². The molecule has 1 saturated heterocycles. The molecule has 9 nitrogen and oxygen atoms in total.